The lowest BCUT2D eigenvalue weighted by molar-refractivity contribution is 0.0165. The van der Waals surface area contributed by atoms with Gasteiger partial charge in [-0.25, -0.2) is 9.18 Å². The number of rotatable bonds is 6. The van der Waals surface area contributed by atoms with Crippen LogP contribution in [0.3, 0.4) is 0 Å². The average molecular weight is 379 g/mol. The van der Waals surface area contributed by atoms with Crippen LogP contribution in [0.5, 0.6) is 0 Å². The van der Waals surface area contributed by atoms with E-state index in [1.54, 1.807) is 25.3 Å². The number of anilines is 1. The Morgan fingerprint density at radius 3 is 2.65 bits per heavy atom. The van der Waals surface area contributed by atoms with Gasteiger partial charge >= 0.3 is 6.03 Å². The second-order valence-electron chi connectivity index (χ2n) is 6.75. The van der Waals surface area contributed by atoms with Crippen molar-refractivity contribution in [3.05, 3.63) is 52.8 Å². The number of hydrogen-bond acceptors (Lipinski definition) is 2. The fraction of sp³-hybridized carbons (Fsp3) is 0.350. The summed E-state index contributed by atoms with van der Waals surface area (Å²) in [7, 11) is 1.62. The van der Waals surface area contributed by atoms with Crippen LogP contribution in [-0.4, -0.2) is 25.3 Å². The number of nitrogens with one attached hydrogen (secondary N) is 2. The Kier molecular flexibility index (Phi) is 6.62. The quantitative estimate of drug-likeness (QED) is 0.707. The molecule has 0 bridgehead atoms. The van der Waals surface area contributed by atoms with E-state index in [0.29, 0.717) is 18.0 Å². The third kappa shape index (κ3) is 5.44. The topological polar surface area (TPSA) is 50.4 Å². The van der Waals surface area contributed by atoms with Crippen molar-refractivity contribution in [2.45, 2.75) is 32.8 Å². The molecule has 0 heterocycles. The molecule has 0 fully saturated rings. The van der Waals surface area contributed by atoms with E-state index in [4.69, 9.17) is 16.3 Å². The van der Waals surface area contributed by atoms with Gasteiger partial charge in [-0.15, -0.1) is 0 Å². The molecule has 0 saturated heterocycles. The normalized spacial score (nSPS) is 11.3. The highest BCUT2D eigenvalue weighted by molar-refractivity contribution is 6.30. The molecule has 4 nitrogen and oxygen atoms in total. The zero-order valence-electron chi connectivity index (χ0n) is 15.5. The second kappa shape index (κ2) is 8.52. The zero-order valence-corrected chi connectivity index (χ0v) is 16.2. The molecule has 26 heavy (non-hydrogen) atoms. The average Bonchev–Trinajstić information content (AvgIpc) is 2.57. The lowest BCUT2D eigenvalue weighted by Crippen LogP contribution is -2.34. The predicted octanol–water partition coefficient (Wildman–Crippen LogP) is 5.39. The van der Waals surface area contributed by atoms with Crippen molar-refractivity contribution in [2.24, 2.45) is 0 Å². The first-order chi connectivity index (χ1) is 12.2. The van der Waals surface area contributed by atoms with Gasteiger partial charge in [0.2, 0.25) is 0 Å². The maximum Gasteiger partial charge on any atom is 0.319 e. The Morgan fingerprint density at radius 2 is 2.00 bits per heavy atom. The van der Waals surface area contributed by atoms with Crippen molar-refractivity contribution < 1.29 is 13.9 Å². The minimum atomic E-state index is -0.486. The number of aryl methyl sites for hydroxylation is 1. The molecule has 6 heteroatoms. The number of urea groups is 1. The molecule has 140 valence electrons. The van der Waals surface area contributed by atoms with Crippen molar-refractivity contribution in [1.82, 2.24) is 5.32 Å². The number of halogens is 2. The summed E-state index contributed by atoms with van der Waals surface area (Å²) >= 11 is 6.04. The molecular formula is C20H24ClFN2O2. The molecule has 0 spiro atoms. The van der Waals surface area contributed by atoms with E-state index < -0.39 is 11.8 Å². The first kappa shape index (κ1) is 20.2. The molecule has 0 atom stereocenters. The molecule has 2 aromatic carbocycles. The number of ether oxygens (including phenoxy) is 1. The van der Waals surface area contributed by atoms with Gasteiger partial charge in [-0.05, 0) is 68.1 Å². The van der Waals surface area contributed by atoms with E-state index in [-0.39, 0.29) is 11.3 Å². The van der Waals surface area contributed by atoms with Crippen molar-refractivity contribution >= 4 is 23.3 Å². The van der Waals surface area contributed by atoms with Crippen LogP contribution < -0.4 is 10.6 Å². The molecular weight excluding hydrogens is 355 g/mol. The van der Waals surface area contributed by atoms with Crippen LogP contribution in [0.1, 0.15) is 25.8 Å². The van der Waals surface area contributed by atoms with Crippen LogP contribution in [-0.2, 0) is 4.74 Å². The molecule has 2 aromatic rings. The monoisotopic (exact) mass is 378 g/mol. The summed E-state index contributed by atoms with van der Waals surface area (Å²) in [5.41, 5.74) is 2.22. The zero-order chi connectivity index (χ0) is 19.3. The molecule has 0 saturated carbocycles. The van der Waals surface area contributed by atoms with Gasteiger partial charge in [0.15, 0.2) is 0 Å². The SMILES string of the molecule is COC(C)(C)CCNC(=O)Nc1cc(-c2cccc(Cl)c2)c(C)cc1F. The summed E-state index contributed by atoms with van der Waals surface area (Å²) in [6.07, 6.45) is 0.640. The summed E-state index contributed by atoms with van der Waals surface area (Å²) in [4.78, 5) is 12.1. The highest BCUT2D eigenvalue weighted by Crippen LogP contribution is 2.30. The summed E-state index contributed by atoms with van der Waals surface area (Å²) in [5, 5.41) is 5.88. The van der Waals surface area contributed by atoms with Gasteiger partial charge in [0.25, 0.3) is 0 Å². The molecule has 0 aliphatic rings. The van der Waals surface area contributed by atoms with Gasteiger partial charge in [0, 0.05) is 18.7 Å². The number of carbonyl (C=O) groups excluding carboxylic acids is 1. The smallest absolute Gasteiger partial charge is 0.319 e. The molecule has 2 amide bonds. The van der Waals surface area contributed by atoms with Crippen molar-refractivity contribution in [2.75, 3.05) is 19.0 Å². The number of carbonyl (C=O) groups is 1. The van der Waals surface area contributed by atoms with Gasteiger partial charge in [-0.3, -0.25) is 0 Å². The molecule has 0 aliphatic heterocycles. The van der Waals surface area contributed by atoms with E-state index in [0.717, 1.165) is 16.7 Å². The molecule has 0 unspecified atom stereocenters. The first-order valence-electron chi connectivity index (χ1n) is 8.38. The summed E-state index contributed by atoms with van der Waals surface area (Å²) in [6, 6.07) is 9.86. The summed E-state index contributed by atoms with van der Waals surface area (Å²) in [5.74, 6) is -0.486. The first-order valence-corrected chi connectivity index (χ1v) is 8.76. The lowest BCUT2D eigenvalue weighted by Gasteiger charge is -2.22. The standard InChI is InChI=1S/C20H24ClFN2O2/c1-13-10-17(22)18(12-16(13)14-6-5-7-15(21)11-14)24-19(25)23-9-8-20(2,3)26-4/h5-7,10-12H,8-9H2,1-4H3,(H2,23,24,25). The van der Waals surface area contributed by atoms with E-state index in [1.807, 2.05) is 32.9 Å². The summed E-state index contributed by atoms with van der Waals surface area (Å²) < 4.78 is 19.6. The molecule has 0 radical (unpaired) electrons. The van der Waals surface area contributed by atoms with E-state index in [9.17, 15) is 9.18 Å². The number of methoxy groups -OCH3 is 1. The van der Waals surface area contributed by atoms with Gasteiger partial charge < -0.3 is 15.4 Å². The highest BCUT2D eigenvalue weighted by atomic mass is 35.5. The third-order valence-corrected chi connectivity index (χ3v) is 4.50. The lowest BCUT2D eigenvalue weighted by atomic mass is 9.99. The predicted molar refractivity (Wildman–Crippen MR) is 104 cm³/mol. The van der Waals surface area contributed by atoms with Crippen LogP contribution in [0.4, 0.5) is 14.9 Å². The Morgan fingerprint density at radius 1 is 1.27 bits per heavy atom. The molecule has 0 aromatic heterocycles. The van der Waals surface area contributed by atoms with Crippen LogP contribution in [0.2, 0.25) is 5.02 Å². The Labute approximate surface area is 158 Å². The Bertz CT molecular complexity index is 793. The Hall–Kier alpha value is -2.11. The van der Waals surface area contributed by atoms with Gasteiger partial charge in [-0.1, -0.05) is 23.7 Å². The van der Waals surface area contributed by atoms with Crippen LogP contribution in [0.25, 0.3) is 11.1 Å². The molecule has 0 aliphatic carbocycles. The molecule has 2 rings (SSSR count). The Balaban J connectivity index is 2.12. The third-order valence-electron chi connectivity index (χ3n) is 4.26. The number of amides is 2. The van der Waals surface area contributed by atoms with Crippen molar-refractivity contribution in [3.63, 3.8) is 0 Å². The maximum atomic E-state index is 14.3. The van der Waals surface area contributed by atoms with Crippen molar-refractivity contribution in [1.29, 1.82) is 0 Å². The summed E-state index contributed by atoms with van der Waals surface area (Å²) in [6.45, 7) is 6.10. The minimum absolute atomic E-state index is 0.120. The van der Waals surface area contributed by atoms with Gasteiger partial charge in [0.05, 0.1) is 11.3 Å². The van der Waals surface area contributed by atoms with E-state index in [1.165, 1.54) is 6.07 Å². The second-order valence-corrected chi connectivity index (χ2v) is 7.19. The minimum Gasteiger partial charge on any atom is -0.379 e. The van der Waals surface area contributed by atoms with Gasteiger partial charge in [0.1, 0.15) is 5.82 Å². The van der Waals surface area contributed by atoms with Crippen LogP contribution >= 0.6 is 11.6 Å². The number of benzene rings is 2. The highest BCUT2D eigenvalue weighted by Gasteiger charge is 2.17. The van der Waals surface area contributed by atoms with Gasteiger partial charge in [-0.2, -0.15) is 0 Å². The fourth-order valence-corrected chi connectivity index (χ4v) is 2.67. The maximum absolute atomic E-state index is 14.3. The van der Waals surface area contributed by atoms with E-state index in [2.05, 4.69) is 10.6 Å². The van der Waals surface area contributed by atoms with E-state index >= 15 is 0 Å². The number of hydrogen-bond donors (Lipinski definition) is 2. The van der Waals surface area contributed by atoms with Crippen molar-refractivity contribution in [3.8, 4) is 11.1 Å². The largest absolute Gasteiger partial charge is 0.379 e. The fourth-order valence-electron chi connectivity index (χ4n) is 2.48. The van der Waals surface area contributed by atoms with Crippen LogP contribution in [0.15, 0.2) is 36.4 Å². The van der Waals surface area contributed by atoms with Crippen LogP contribution in [0, 0.1) is 12.7 Å². The molecule has 2 N–H and O–H groups in total.